The smallest absolute Gasteiger partial charge is 0.411 e. The monoisotopic (exact) mass is 265 g/mol. The number of ether oxygens (including phenoxy) is 1. The third kappa shape index (κ3) is 4.50. The average molecular weight is 265 g/mol. The maximum atomic E-state index is 11.9. The SMILES string of the molecule is CCN(CC)C(=O)Nc1cccc(NC(=O)OC)c1. The summed E-state index contributed by atoms with van der Waals surface area (Å²) in [6.45, 7) is 5.11. The molecule has 1 rings (SSSR count). The van der Waals surface area contributed by atoms with Gasteiger partial charge in [-0.2, -0.15) is 0 Å². The molecular weight excluding hydrogens is 246 g/mol. The third-order valence-corrected chi connectivity index (χ3v) is 2.60. The highest BCUT2D eigenvalue weighted by molar-refractivity contribution is 5.91. The lowest BCUT2D eigenvalue weighted by Crippen LogP contribution is -2.34. The van der Waals surface area contributed by atoms with Gasteiger partial charge in [0.1, 0.15) is 0 Å². The van der Waals surface area contributed by atoms with Crippen LogP contribution in [0.4, 0.5) is 21.0 Å². The van der Waals surface area contributed by atoms with Crippen LogP contribution in [0.5, 0.6) is 0 Å². The molecule has 2 N–H and O–H groups in total. The van der Waals surface area contributed by atoms with Gasteiger partial charge in [0, 0.05) is 24.5 Å². The van der Waals surface area contributed by atoms with E-state index < -0.39 is 6.09 Å². The summed E-state index contributed by atoms with van der Waals surface area (Å²) in [6, 6.07) is 6.70. The van der Waals surface area contributed by atoms with Gasteiger partial charge in [-0.3, -0.25) is 5.32 Å². The molecule has 0 saturated carbocycles. The van der Waals surface area contributed by atoms with Crippen LogP contribution < -0.4 is 10.6 Å². The van der Waals surface area contributed by atoms with E-state index >= 15 is 0 Å². The fraction of sp³-hybridized carbons (Fsp3) is 0.385. The van der Waals surface area contributed by atoms with E-state index in [0.29, 0.717) is 24.5 Å². The van der Waals surface area contributed by atoms with E-state index in [1.54, 1.807) is 29.2 Å². The van der Waals surface area contributed by atoms with Crippen LogP contribution in [0.1, 0.15) is 13.8 Å². The lowest BCUT2D eigenvalue weighted by molar-refractivity contribution is 0.187. The molecule has 0 aromatic heterocycles. The highest BCUT2D eigenvalue weighted by atomic mass is 16.5. The maximum Gasteiger partial charge on any atom is 0.411 e. The zero-order valence-electron chi connectivity index (χ0n) is 11.4. The van der Waals surface area contributed by atoms with E-state index in [0.717, 1.165) is 0 Å². The van der Waals surface area contributed by atoms with Crippen LogP contribution in [-0.2, 0) is 4.74 Å². The fourth-order valence-electron chi connectivity index (χ4n) is 1.56. The quantitative estimate of drug-likeness (QED) is 0.879. The second-order valence-electron chi connectivity index (χ2n) is 3.80. The van der Waals surface area contributed by atoms with Gasteiger partial charge in [-0.15, -0.1) is 0 Å². The van der Waals surface area contributed by atoms with E-state index in [1.807, 2.05) is 13.8 Å². The van der Waals surface area contributed by atoms with Crippen LogP contribution in [0.15, 0.2) is 24.3 Å². The van der Waals surface area contributed by atoms with Crippen LogP contribution in [0, 0.1) is 0 Å². The Hall–Kier alpha value is -2.24. The lowest BCUT2D eigenvalue weighted by Gasteiger charge is -2.19. The molecular formula is C13H19N3O3. The van der Waals surface area contributed by atoms with Gasteiger partial charge in [-0.1, -0.05) is 6.07 Å². The molecule has 6 nitrogen and oxygen atoms in total. The molecule has 0 fully saturated rings. The summed E-state index contributed by atoms with van der Waals surface area (Å²) in [5.41, 5.74) is 1.18. The summed E-state index contributed by atoms with van der Waals surface area (Å²) in [6.07, 6.45) is -0.549. The number of benzene rings is 1. The minimum absolute atomic E-state index is 0.166. The van der Waals surface area contributed by atoms with Gasteiger partial charge < -0.3 is 15.0 Å². The molecule has 19 heavy (non-hydrogen) atoms. The molecule has 0 heterocycles. The Bertz CT molecular complexity index is 445. The van der Waals surface area contributed by atoms with Crippen LogP contribution >= 0.6 is 0 Å². The average Bonchev–Trinajstić information content (AvgIpc) is 2.40. The zero-order chi connectivity index (χ0) is 14.3. The number of hydrogen-bond acceptors (Lipinski definition) is 3. The molecule has 3 amide bonds. The number of nitrogens with one attached hydrogen (secondary N) is 2. The van der Waals surface area contributed by atoms with Gasteiger partial charge in [-0.25, -0.2) is 9.59 Å². The van der Waals surface area contributed by atoms with Crippen molar-refractivity contribution >= 4 is 23.5 Å². The van der Waals surface area contributed by atoms with E-state index in [9.17, 15) is 9.59 Å². The minimum Gasteiger partial charge on any atom is -0.453 e. The molecule has 0 unspecified atom stereocenters. The molecule has 6 heteroatoms. The first kappa shape index (κ1) is 14.8. The molecule has 1 aromatic rings. The minimum atomic E-state index is -0.549. The Balaban J connectivity index is 2.71. The molecule has 0 aliphatic rings. The van der Waals surface area contributed by atoms with Crippen molar-refractivity contribution in [2.75, 3.05) is 30.8 Å². The maximum absolute atomic E-state index is 11.9. The Labute approximate surface area is 112 Å². The number of amides is 3. The predicted molar refractivity (Wildman–Crippen MR) is 74.4 cm³/mol. The number of methoxy groups -OCH3 is 1. The van der Waals surface area contributed by atoms with Crippen LogP contribution in [0.2, 0.25) is 0 Å². The van der Waals surface area contributed by atoms with Gasteiger partial charge in [-0.05, 0) is 32.0 Å². The molecule has 104 valence electrons. The van der Waals surface area contributed by atoms with Gasteiger partial charge >= 0.3 is 12.1 Å². The molecule has 0 aliphatic heterocycles. The largest absolute Gasteiger partial charge is 0.453 e. The normalized spacial score (nSPS) is 9.63. The first-order valence-corrected chi connectivity index (χ1v) is 6.11. The Morgan fingerprint density at radius 1 is 1.16 bits per heavy atom. The number of carbonyl (C=O) groups is 2. The third-order valence-electron chi connectivity index (χ3n) is 2.60. The highest BCUT2D eigenvalue weighted by Crippen LogP contribution is 2.15. The predicted octanol–water partition coefficient (Wildman–Crippen LogP) is 2.74. The van der Waals surface area contributed by atoms with Gasteiger partial charge in [0.25, 0.3) is 0 Å². The first-order chi connectivity index (χ1) is 9.10. The molecule has 1 aromatic carbocycles. The van der Waals surface area contributed by atoms with Crippen LogP contribution in [0.3, 0.4) is 0 Å². The summed E-state index contributed by atoms with van der Waals surface area (Å²) in [5.74, 6) is 0. The van der Waals surface area contributed by atoms with E-state index in [2.05, 4.69) is 15.4 Å². The summed E-state index contributed by atoms with van der Waals surface area (Å²) in [7, 11) is 1.29. The number of rotatable bonds is 4. The summed E-state index contributed by atoms with van der Waals surface area (Å²) in [5, 5.41) is 5.31. The van der Waals surface area contributed by atoms with Crippen molar-refractivity contribution in [1.82, 2.24) is 4.90 Å². The fourth-order valence-corrected chi connectivity index (χ4v) is 1.56. The Morgan fingerprint density at radius 2 is 1.74 bits per heavy atom. The Morgan fingerprint density at radius 3 is 2.26 bits per heavy atom. The molecule has 0 atom stereocenters. The molecule has 0 radical (unpaired) electrons. The van der Waals surface area contributed by atoms with Crippen molar-refractivity contribution in [1.29, 1.82) is 0 Å². The molecule has 0 saturated heterocycles. The zero-order valence-corrected chi connectivity index (χ0v) is 11.4. The van der Waals surface area contributed by atoms with Crippen molar-refractivity contribution in [3.63, 3.8) is 0 Å². The van der Waals surface area contributed by atoms with Crippen molar-refractivity contribution < 1.29 is 14.3 Å². The van der Waals surface area contributed by atoms with Crippen molar-refractivity contribution in [2.24, 2.45) is 0 Å². The summed E-state index contributed by atoms with van der Waals surface area (Å²) in [4.78, 5) is 24.6. The standard InChI is InChI=1S/C13H19N3O3/c1-4-16(5-2)12(17)14-10-7-6-8-11(9-10)15-13(18)19-3/h6-9H,4-5H2,1-3H3,(H,14,17)(H,15,18). The number of hydrogen-bond donors (Lipinski definition) is 2. The molecule has 0 spiro atoms. The summed E-state index contributed by atoms with van der Waals surface area (Å²) < 4.78 is 4.50. The van der Waals surface area contributed by atoms with Crippen molar-refractivity contribution in [3.8, 4) is 0 Å². The van der Waals surface area contributed by atoms with Crippen LogP contribution in [0.25, 0.3) is 0 Å². The number of nitrogens with zero attached hydrogens (tertiary/aromatic N) is 1. The van der Waals surface area contributed by atoms with E-state index in [1.165, 1.54) is 7.11 Å². The summed E-state index contributed by atoms with van der Waals surface area (Å²) >= 11 is 0. The second kappa shape index (κ2) is 7.25. The van der Waals surface area contributed by atoms with Crippen molar-refractivity contribution in [2.45, 2.75) is 13.8 Å². The first-order valence-electron chi connectivity index (χ1n) is 6.11. The topological polar surface area (TPSA) is 70.7 Å². The highest BCUT2D eigenvalue weighted by Gasteiger charge is 2.09. The Kier molecular flexibility index (Phi) is 5.66. The number of carbonyl (C=O) groups excluding carboxylic acids is 2. The lowest BCUT2D eigenvalue weighted by atomic mass is 10.3. The van der Waals surface area contributed by atoms with E-state index in [4.69, 9.17) is 0 Å². The van der Waals surface area contributed by atoms with Gasteiger partial charge in [0.05, 0.1) is 7.11 Å². The van der Waals surface area contributed by atoms with Gasteiger partial charge in [0.15, 0.2) is 0 Å². The number of urea groups is 1. The number of anilines is 2. The van der Waals surface area contributed by atoms with Crippen LogP contribution in [-0.4, -0.2) is 37.2 Å². The molecule has 0 bridgehead atoms. The van der Waals surface area contributed by atoms with Crippen molar-refractivity contribution in [3.05, 3.63) is 24.3 Å². The molecule has 0 aliphatic carbocycles. The van der Waals surface area contributed by atoms with Gasteiger partial charge in [0.2, 0.25) is 0 Å². The van der Waals surface area contributed by atoms with E-state index in [-0.39, 0.29) is 6.03 Å². The second-order valence-corrected chi connectivity index (χ2v) is 3.80.